The molecule has 1 aliphatic rings. The molecule has 4 rings (SSSR count). The summed E-state index contributed by atoms with van der Waals surface area (Å²) >= 11 is 9.62. The highest BCUT2D eigenvalue weighted by atomic mass is 79.9. The van der Waals surface area contributed by atoms with E-state index in [1.165, 1.54) is 6.07 Å². The van der Waals surface area contributed by atoms with Gasteiger partial charge in [0.05, 0.1) is 22.2 Å². The van der Waals surface area contributed by atoms with Gasteiger partial charge in [-0.1, -0.05) is 45.7 Å². The highest BCUT2D eigenvalue weighted by molar-refractivity contribution is 9.09. The lowest BCUT2D eigenvalue weighted by atomic mass is 10.1. The van der Waals surface area contributed by atoms with Gasteiger partial charge in [0.15, 0.2) is 0 Å². The van der Waals surface area contributed by atoms with E-state index < -0.39 is 0 Å². The van der Waals surface area contributed by atoms with Crippen LogP contribution in [-0.4, -0.2) is 49.8 Å². The Morgan fingerprint density at radius 1 is 1.19 bits per heavy atom. The summed E-state index contributed by atoms with van der Waals surface area (Å²) in [5.74, 6) is 0.604. The molecule has 0 spiro atoms. The van der Waals surface area contributed by atoms with Gasteiger partial charge in [-0.05, 0) is 31.0 Å². The minimum absolute atomic E-state index is 0.111. The summed E-state index contributed by atoms with van der Waals surface area (Å²) in [5, 5.41) is 4.15. The number of aromatic nitrogens is 3. The second kappa shape index (κ2) is 9.62. The molecule has 1 aliphatic heterocycles. The number of alkyl halides is 1. The molecule has 1 aromatic carbocycles. The number of anilines is 1. The van der Waals surface area contributed by atoms with Crippen molar-refractivity contribution in [3.63, 3.8) is 0 Å². The fourth-order valence-corrected chi connectivity index (χ4v) is 4.18. The minimum Gasteiger partial charge on any atom is -0.351 e. The van der Waals surface area contributed by atoms with Gasteiger partial charge < -0.3 is 10.2 Å². The molecule has 0 saturated carbocycles. The molecule has 1 fully saturated rings. The van der Waals surface area contributed by atoms with E-state index in [9.17, 15) is 9.59 Å². The molecule has 1 amide bonds. The Labute approximate surface area is 193 Å². The number of hydrogen-bond acceptors (Lipinski definition) is 5. The summed E-state index contributed by atoms with van der Waals surface area (Å²) in [5.41, 5.74) is 2.01. The summed E-state index contributed by atoms with van der Waals surface area (Å²) < 4.78 is 1.57. The van der Waals surface area contributed by atoms with E-state index >= 15 is 0 Å². The first-order valence-corrected chi connectivity index (χ1v) is 11.5. The van der Waals surface area contributed by atoms with Gasteiger partial charge in [-0.3, -0.25) is 14.2 Å². The van der Waals surface area contributed by atoms with E-state index in [0.717, 1.165) is 24.1 Å². The van der Waals surface area contributed by atoms with Gasteiger partial charge >= 0.3 is 0 Å². The second-order valence-electron chi connectivity index (χ2n) is 7.28. The van der Waals surface area contributed by atoms with Crippen LogP contribution in [0.1, 0.15) is 12.8 Å². The minimum atomic E-state index is -0.111. The molecule has 3 heterocycles. The quantitative estimate of drug-likeness (QED) is 0.538. The number of nitrogens with zero attached hydrogens (tertiary/aromatic N) is 4. The van der Waals surface area contributed by atoms with Crippen LogP contribution >= 0.6 is 27.5 Å². The topological polar surface area (TPSA) is 80.1 Å². The van der Waals surface area contributed by atoms with Gasteiger partial charge in [-0.15, -0.1) is 0 Å². The number of rotatable bonds is 5. The van der Waals surface area contributed by atoms with E-state index in [1.54, 1.807) is 23.0 Å². The van der Waals surface area contributed by atoms with Crippen molar-refractivity contribution < 1.29 is 4.79 Å². The molecule has 0 bridgehead atoms. The number of pyridine rings is 1. The maximum atomic E-state index is 12.2. The van der Waals surface area contributed by atoms with Gasteiger partial charge in [0.1, 0.15) is 0 Å². The normalized spacial score (nSPS) is 14.5. The highest BCUT2D eigenvalue weighted by Gasteiger charge is 2.22. The van der Waals surface area contributed by atoms with Gasteiger partial charge in [0.25, 0.3) is 5.56 Å². The largest absolute Gasteiger partial charge is 0.351 e. The number of hydrogen-bond donors (Lipinski definition) is 1. The summed E-state index contributed by atoms with van der Waals surface area (Å²) in [7, 11) is 0. The highest BCUT2D eigenvalue weighted by Crippen LogP contribution is 2.28. The summed E-state index contributed by atoms with van der Waals surface area (Å²) in [6, 6.07) is 12.7. The summed E-state index contributed by atoms with van der Waals surface area (Å²) in [6.07, 6.45) is 4.96. The first-order valence-electron chi connectivity index (χ1n) is 9.96. The van der Waals surface area contributed by atoms with Crippen LogP contribution in [0, 0.1) is 0 Å². The van der Waals surface area contributed by atoms with Crippen LogP contribution in [0.4, 0.5) is 5.95 Å². The van der Waals surface area contributed by atoms with E-state index in [1.807, 2.05) is 35.2 Å². The van der Waals surface area contributed by atoms with Crippen molar-refractivity contribution in [3.8, 4) is 16.9 Å². The zero-order valence-corrected chi connectivity index (χ0v) is 19.0. The van der Waals surface area contributed by atoms with Crippen LogP contribution in [0.2, 0.25) is 5.02 Å². The van der Waals surface area contributed by atoms with Crippen molar-refractivity contribution in [2.24, 2.45) is 0 Å². The molecular formula is C22H21BrClN5O2. The molecule has 3 aromatic rings. The lowest BCUT2D eigenvalue weighted by Gasteiger charge is -2.32. The third-order valence-electron chi connectivity index (χ3n) is 5.26. The number of amides is 1. The lowest BCUT2D eigenvalue weighted by Crippen LogP contribution is -2.43. The number of carbonyl (C=O) groups is 1. The van der Waals surface area contributed by atoms with Crippen molar-refractivity contribution in [2.45, 2.75) is 18.9 Å². The van der Waals surface area contributed by atoms with E-state index in [-0.39, 0.29) is 17.5 Å². The molecule has 0 atom stereocenters. The fourth-order valence-electron chi connectivity index (χ4n) is 3.62. The number of piperidine rings is 1. The number of carbonyl (C=O) groups excluding carboxylic acids is 1. The molecule has 0 aliphatic carbocycles. The molecule has 7 nitrogen and oxygen atoms in total. The Morgan fingerprint density at radius 3 is 2.74 bits per heavy atom. The molecule has 31 heavy (non-hydrogen) atoms. The molecule has 0 unspecified atom stereocenters. The number of halogens is 2. The molecule has 1 N–H and O–H groups in total. The Kier molecular flexibility index (Phi) is 6.67. The average Bonchev–Trinajstić information content (AvgIpc) is 2.80. The smallest absolute Gasteiger partial charge is 0.255 e. The summed E-state index contributed by atoms with van der Waals surface area (Å²) in [4.78, 5) is 34.8. The third kappa shape index (κ3) is 4.97. The fraction of sp³-hybridized carbons (Fsp3) is 0.273. The Bertz CT molecular complexity index is 1140. The SMILES string of the molecule is O=C(CBr)N1CCC(Nc2ncc(Cl)c(-c3cccc(-n4ccccc4=O)c3)n2)CC1. The number of likely N-dealkylation sites (tertiary alicyclic amines) is 1. The van der Waals surface area contributed by atoms with Gasteiger partial charge in [-0.25, -0.2) is 9.97 Å². The van der Waals surface area contributed by atoms with Crippen LogP contribution in [0.25, 0.3) is 16.9 Å². The van der Waals surface area contributed by atoms with Crippen LogP contribution in [0.5, 0.6) is 0 Å². The first-order chi connectivity index (χ1) is 15.0. The predicted molar refractivity (Wildman–Crippen MR) is 125 cm³/mol. The zero-order valence-electron chi connectivity index (χ0n) is 16.7. The third-order valence-corrected chi connectivity index (χ3v) is 6.02. The maximum Gasteiger partial charge on any atom is 0.255 e. The van der Waals surface area contributed by atoms with Gasteiger partial charge in [-0.2, -0.15) is 0 Å². The van der Waals surface area contributed by atoms with Crippen LogP contribution < -0.4 is 10.9 Å². The molecular weight excluding hydrogens is 482 g/mol. The number of nitrogens with one attached hydrogen (secondary N) is 1. The van der Waals surface area contributed by atoms with Crippen LogP contribution in [0.15, 0.2) is 59.7 Å². The maximum absolute atomic E-state index is 12.2. The predicted octanol–water partition coefficient (Wildman–Crippen LogP) is 3.75. The van der Waals surface area contributed by atoms with Crippen molar-refractivity contribution in [1.82, 2.24) is 19.4 Å². The lowest BCUT2D eigenvalue weighted by molar-refractivity contribution is -0.129. The monoisotopic (exact) mass is 501 g/mol. The number of benzene rings is 1. The van der Waals surface area contributed by atoms with E-state index in [0.29, 0.717) is 35.1 Å². The first kappa shape index (κ1) is 21.5. The van der Waals surface area contributed by atoms with E-state index in [2.05, 4.69) is 31.2 Å². The Hall–Kier alpha value is -2.71. The Morgan fingerprint density at radius 2 is 2.00 bits per heavy atom. The van der Waals surface area contributed by atoms with Crippen molar-refractivity contribution in [3.05, 3.63) is 70.2 Å². The standard InChI is InChI=1S/C22H21BrClN5O2/c23-13-20(31)28-10-7-16(8-11-28)26-22-25-14-18(24)21(27-22)15-4-3-5-17(12-15)29-9-2-1-6-19(29)30/h1-6,9,12,14,16H,7-8,10-11,13H2,(H,25,26,27). The second-order valence-corrected chi connectivity index (χ2v) is 8.25. The Balaban J connectivity index is 1.54. The van der Waals surface area contributed by atoms with Gasteiger partial charge in [0.2, 0.25) is 11.9 Å². The summed E-state index contributed by atoms with van der Waals surface area (Å²) in [6.45, 7) is 1.41. The average molecular weight is 503 g/mol. The zero-order chi connectivity index (χ0) is 21.8. The van der Waals surface area contributed by atoms with Crippen LogP contribution in [0.3, 0.4) is 0 Å². The molecule has 0 radical (unpaired) electrons. The van der Waals surface area contributed by atoms with Crippen LogP contribution in [-0.2, 0) is 4.79 Å². The van der Waals surface area contributed by atoms with Gasteiger partial charge in [0, 0.05) is 42.6 Å². The van der Waals surface area contributed by atoms with Crippen molar-refractivity contribution in [2.75, 3.05) is 23.7 Å². The molecule has 1 saturated heterocycles. The molecule has 160 valence electrons. The molecule has 2 aromatic heterocycles. The van der Waals surface area contributed by atoms with Crippen molar-refractivity contribution >= 4 is 39.4 Å². The van der Waals surface area contributed by atoms with E-state index in [4.69, 9.17) is 11.6 Å². The van der Waals surface area contributed by atoms with Crippen molar-refractivity contribution in [1.29, 1.82) is 0 Å². The molecule has 9 heteroatoms.